The molecule has 0 aliphatic carbocycles. The Bertz CT molecular complexity index is 1210. The Labute approximate surface area is 147 Å². The maximum atomic E-state index is 12.7. The van der Waals surface area contributed by atoms with Gasteiger partial charge in [0.25, 0.3) is 5.78 Å². The van der Waals surface area contributed by atoms with E-state index in [1.54, 1.807) is 6.92 Å². The molecule has 0 radical (unpaired) electrons. The van der Waals surface area contributed by atoms with E-state index >= 15 is 0 Å². The molecule has 0 spiro atoms. The molecule has 1 N–H and O–H groups in total. The normalized spacial score (nSPS) is 12.2. The maximum Gasteiger partial charge on any atom is 0.320 e. The number of amides is 1. The number of fused-ring (bicyclic) bond motifs is 2. The summed E-state index contributed by atoms with van der Waals surface area (Å²) in [6.45, 7) is 1.79. The van der Waals surface area contributed by atoms with E-state index in [4.69, 9.17) is 0 Å². The van der Waals surface area contributed by atoms with Gasteiger partial charge in [0, 0.05) is 23.6 Å². The first kappa shape index (κ1) is 15.5. The van der Waals surface area contributed by atoms with Gasteiger partial charge in [0.2, 0.25) is 0 Å². The van der Waals surface area contributed by atoms with Gasteiger partial charge in [0.05, 0.1) is 15.8 Å². The SMILES string of the molecule is Cc1[nH]c2ccccc2c1C(=O)C(=O)N=c1sc2ccccc2n1C. The van der Waals surface area contributed by atoms with Crippen LogP contribution in [0, 0.1) is 6.92 Å². The number of aromatic amines is 1. The molecule has 0 aliphatic rings. The number of nitrogens with one attached hydrogen (secondary N) is 1. The average molecular weight is 349 g/mol. The number of aromatic nitrogens is 2. The van der Waals surface area contributed by atoms with Gasteiger partial charge in [-0.2, -0.15) is 4.99 Å². The van der Waals surface area contributed by atoms with Crippen molar-refractivity contribution in [1.29, 1.82) is 0 Å². The molecule has 0 aliphatic heterocycles. The standard InChI is InChI=1S/C19H15N3O2S/c1-11-16(12-7-3-4-8-13(12)20-11)17(23)18(24)21-19-22(2)14-9-5-6-10-15(14)25-19/h3-10,20H,1-2H3. The summed E-state index contributed by atoms with van der Waals surface area (Å²) >= 11 is 1.39. The van der Waals surface area contributed by atoms with Crippen LogP contribution in [0.2, 0.25) is 0 Å². The number of benzene rings is 2. The molecule has 4 aromatic rings. The third-order valence-electron chi connectivity index (χ3n) is 4.23. The topological polar surface area (TPSA) is 67.2 Å². The molecule has 6 heteroatoms. The number of nitrogens with zero attached hydrogens (tertiary/aromatic N) is 2. The van der Waals surface area contributed by atoms with E-state index < -0.39 is 11.7 Å². The van der Waals surface area contributed by atoms with Crippen molar-refractivity contribution in [2.45, 2.75) is 6.92 Å². The van der Waals surface area contributed by atoms with Gasteiger partial charge in [-0.05, 0) is 25.1 Å². The van der Waals surface area contributed by atoms with E-state index in [2.05, 4.69) is 9.98 Å². The van der Waals surface area contributed by atoms with Crippen molar-refractivity contribution in [2.75, 3.05) is 0 Å². The molecule has 0 saturated heterocycles. The van der Waals surface area contributed by atoms with E-state index in [9.17, 15) is 9.59 Å². The molecular formula is C19H15N3O2S. The summed E-state index contributed by atoms with van der Waals surface area (Å²) in [4.78, 5) is 32.9. The van der Waals surface area contributed by atoms with Crippen LogP contribution < -0.4 is 4.80 Å². The number of ketones is 1. The van der Waals surface area contributed by atoms with Crippen LogP contribution in [0.15, 0.2) is 53.5 Å². The molecule has 2 aromatic heterocycles. The fourth-order valence-corrected chi connectivity index (χ4v) is 4.02. The van der Waals surface area contributed by atoms with Crippen molar-refractivity contribution < 1.29 is 9.59 Å². The van der Waals surface area contributed by atoms with Gasteiger partial charge in [0.15, 0.2) is 4.80 Å². The number of hydrogen-bond donors (Lipinski definition) is 1. The molecule has 5 nitrogen and oxygen atoms in total. The summed E-state index contributed by atoms with van der Waals surface area (Å²) in [5.41, 5.74) is 2.89. The average Bonchev–Trinajstić information content (AvgIpc) is 3.11. The molecule has 2 heterocycles. The molecule has 25 heavy (non-hydrogen) atoms. The summed E-state index contributed by atoms with van der Waals surface area (Å²) in [5, 5.41) is 0.745. The summed E-state index contributed by atoms with van der Waals surface area (Å²) in [5.74, 6) is -1.34. The first-order valence-electron chi connectivity index (χ1n) is 7.81. The van der Waals surface area contributed by atoms with Crippen LogP contribution >= 0.6 is 11.3 Å². The smallest absolute Gasteiger partial charge is 0.320 e. The number of H-pyrrole nitrogens is 1. The van der Waals surface area contributed by atoms with Crippen molar-refractivity contribution >= 4 is 44.1 Å². The van der Waals surface area contributed by atoms with Crippen LogP contribution in [0.4, 0.5) is 0 Å². The number of aryl methyl sites for hydroxylation is 2. The zero-order valence-electron chi connectivity index (χ0n) is 13.7. The number of rotatable bonds is 2. The maximum absolute atomic E-state index is 12.7. The molecule has 0 atom stereocenters. The fraction of sp³-hybridized carbons (Fsp3) is 0.105. The third kappa shape index (κ3) is 2.51. The van der Waals surface area contributed by atoms with Crippen LogP contribution in [-0.4, -0.2) is 21.2 Å². The lowest BCUT2D eigenvalue weighted by Gasteiger charge is -1.97. The molecule has 2 aromatic carbocycles. The first-order valence-corrected chi connectivity index (χ1v) is 8.63. The van der Waals surface area contributed by atoms with Crippen LogP contribution in [0.1, 0.15) is 16.1 Å². The van der Waals surface area contributed by atoms with Gasteiger partial charge >= 0.3 is 5.91 Å². The van der Waals surface area contributed by atoms with Crippen molar-refractivity contribution in [1.82, 2.24) is 9.55 Å². The minimum atomic E-state index is -0.755. The van der Waals surface area contributed by atoms with Gasteiger partial charge in [0.1, 0.15) is 0 Å². The quantitative estimate of drug-likeness (QED) is 0.445. The van der Waals surface area contributed by atoms with Gasteiger partial charge in [-0.25, -0.2) is 0 Å². The van der Waals surface area contributed by atoms with E-state index in [-0.39, 0.29) is 0 Å². The number of carbonyl (C=O) groups excluding carboxylic acids is 2. The highest BCUT2D eigenvalue weighted by atomic mass is 32.1. The summed E-state index contributed by atoms with van der Waals surface area (Å²) in [6, 6.07) is 15.2. The van der Waals surface area contributed by atoms with Gasteiger partial charge in [-0.1, -0.05) is 41.7 Å². The summed E-state index contributed by atoms with van der Waals surface area (Å²) < 4.78 is 2.85. The Morgan fingerprint density at radius 1 is 1.08 bits per heavy atom. The van der Waals surface area contributed by atoms with E-state index in [0.717, 1.165) is 21.1 Å². The molecule has 124 valence electrons. The largest absolute Gasteiger partial charge is 0.358 e. The van der Waals surface area contributed by atoms with E-state index in [1.165, 1.54) is 11.3 Å². The van der Waals surface area contributed by atoms with Crippen molar-refractivity contribution in [2.24, 2.45) is 12.0 Å². The zero-order valence-corrected chi connectivity index (χ0v) is 14.6. The molecule has 1 amide bonds. The minimum absolute atomic E-state index is 0.396. The molecular weight excluding hydrogens is 334 g/mol. The number of Topliss-reactive ketones (excluding diaryl/α,β-unsaturated/α-hetero) is 1. The van der Waals surface area contributed by atoms with Crippen molar-refractivity contribution in [3.63, 3.8) is 0 Å². The fourth-order valence-electron chi connectivity index (χ4n) is 3.00. The monoisotopic (exact) mass is 349 g/mol. The Balaban J connectivity index is 1.81. The second kappa shape index (κ2) is 5.82. The highest BCUT2D eigenvalue weighted by Crippen LogP contribution is 2.22. The van der Waals surface area contributed by atoms with Crippen molar-refractivity contribution in [3.05, 3.63) is 64.6 Å². The predicted molar refractivity (Wildman–Crippen MR) is 98.7 cm³/mol. The second-order valence-electron chi connectivity index (χ2n) is 5.83. The molecule has 0 unspecified atom stereocenters. The van der Waals surface area contributed by atoms with Crippen LogP contribution in [-0.2, 0) is 11.8 Å². The number of carbonyl (C=O) groups is 2. The Morgan fingerprint density at radius 3 is 2.60 bits per heavy atom. The van der Waals surface area contributed by atoms with E-state index in [0.29, 0.717) is 16.1 Å². The van der Waals surface area contributed by atoms with Crippen LogP contribution in [0.25, 0.3) is 21.1 Å². The first-order chi connectivity index (χ1) is 12.1. The van der Waals surface area contributed by atoms with E-state index in [1.807, 2.05) is 60.1 Å². The number of thiazole rings is 1. The summed E-state index contributed by atoms with van der Waals surface area (Å²) in [6.07, 6.45) is 0. The van der Waals surface area contributed by atoms with Crippen molar-refractivity contribution in [3.8, 4) is 0 Å². The number of para-hydroxylation sites is 2. The van der Waals surface area contributed by atoms with Gasteiger partial charge in [-0.3, -0.25) is 9.59 Å². The highest BCUT2D eigenvalue weighted by molar-refractivity contribution is 7.16. The lowest BCUT2D eigenvalue weighted by atomic mass is 10.1. The van der Waals surface area contributed by atoms with Crippen LogP contribution in [0.3, 0.4) is 0 Å². The second-order valence-corrected chi connectivity index (χ2v) is 6.84. The van der Waals surface area contributed by atoms with Gasteiger partial charge in [-0.15, -0.1) is 0 Å². The molecule has 0 bridgehead atoms. The Morgan fingerprint density at radius 2 is 1.80 bits per heavy atom. The van der Waals surface area contributed by atoms with Crippen LogP contribution in [0.5, 0.6) is 0 Å². The Hall–Kier alpha value is -2.99. The highest BCUT2D eigenvalue weighted by Gasteiger charge is 2.22. The predicted octanol–water partition coefficient (Wildman–Crippen LogP) is 3.34. The zero-order chi connectivity index (χ0) is 17.6. The lowest BCUT2D eigenvalue weighted by molar-refractivity contribution is -0.114. The Kier molecular flexibility index (Phi) is 3.62. The summed E-state index contributed by atoms with van der Waals surface area (Å²) in [7, 11) is 1.84. The number of hydrogen-bond acceptors (Lipinski definition) is 3. The minimum Gasteiger partial charge on any atom is -0.358 e. The third-order valence-corrected chi connectivity index (χ3v) is 5.34. The molecule has 0 saturated carbocycles. The lowest BCUT2D eigenvalue weighted by Crippen LogP contribution is -2.19. The van der Waals surface area contributed by atoms with Gasteiger partial charge < -0.3 is 9.55 Å². The molecule has 0 fully saturated rings. The molecule has 4 rings (SSSR count).